The number of carbonyl (C=O) groups is 1. The molecule has 2 atom stereocenters. The lowest BCUT2D eigenvalue weighted by molar-refractivity contribution is -0.121. The summed E-state index contributed by atoms with van der Waals surface area (Å²) in [5.74, 6) is 1.56. The first-order valence-electron chi connectivity index (χ1n) is 7.32. The average molecular weight is 276 g/mol. The minimum absolute atomic E-state index is 0.139. The molecule has 4 nitrogen and oxygen atoms in total. The van der Waals surface area contributed by atoms with Crippen molar-refractivity contribution in [3.05, 3.63) is 29.8 Å². The summed E-state index contributed by atoms with van der Waals surface area (Å²) in [7, 11) is 1.65. The van der Waals surface area contributed by atoms with Crippen molar-refractivity contribution in [1.29, 1.82) is 0 Å². The number of hydrogen-bond acceptors (Lipinski definition) is 3. The Kier molecular flexibility index (Phi) is 5.41. The van der Waals surface area contributed by atoms with Crippen molar-refractivity contribution in [2.45, 2.75) is 32.2 Å². The summed E-state index contributed by atoms with van der Waals surface area (Å²) in [4.78, 5) is 12.0. The molecule has 2 unspecified atom stereocenters. The Hall–Kier alpha value is -1.55. The van der Waals surface area contributed by atoms with E-state index in [0.29, 0.717) is 12.3 Å². The molecule has 110 valence electrons. The van der Waals surface area contributed by atoms with Gasteiger partial charge in [0.25, 0.3) is 0 Å². The van der Waals surface area contributed by atoms with E-state index < -0.39 is 0 Å². The molecule has 0 radical (unpaired) electrons. The SMILES string of the molecule is COc1ccc(CCC(=O)NC(C)C2CCNC2)cc1. The summed E-state index contributed by atoms with van der Waals surface area (Å²) in [5.41, 5.74) is 1.16. The van der Waals surface area contributed by atoms with Gasteiger partial charge in [0.05, 0.1) is 7.11 Å². The Labute approximate surface area is 120 Å². The van der Waals surface area contributed by atoms with Crippen LogP contribution in [0.2, 0.25) is 0 Å². The number of methoxy groups -OCH3 is 1. The average Bonchev–Trinajstić information content (AvgIpc) is 3.00. The fourth-order valence-electron chi connectivity index (χ4n) is 2.60. The van der Waals surface area contributed by atoms with Gasteiger partial charge in [-0.3, -0.25) is 4.79 Å². The molecule has 1 aromatic rings. The van der Waals surface area contributed by atoms with E-state index >= 15 is 0 Å². The second-order valence-electron chi connectivity index (χ2n) is 5.46. The summed E-state index contributed by atoms with van der Waals surface area (Å²) >= 11 is 0. The molecule has 0 bridgehead atoms. The van der Waals surface area contributed by atoms with Crippen LogP contribution >= 0.6 is 0 Å². The summed E-state index contributed by atoms with van der Waals surface area (Å²) in [5, 5.41) is 6.44. The van der Waals surface area contributed by atoms with E-state index in [1.807, 2.05) is 24.3 Å². The standard InChI is InChI=1S/C16H24N2O2/c1-12(14-9-10-17-11-14)18-16(19)8-5-13-3-6-15(20-2)7-4-13/h3-4,6-7,12,14,17H,5,8-11H2,1-2H3,(H,18,19). The Balaban J connectivity index is 1.73. The molecule has 1 aliphatic rings. The van der Waals surface area contributed by atoms with Crippen LogP contribution < -0.4 is 15.4 Å². The van der Waals surface area contributed by atoms with Gasteiger partial charge in [-0.05, 0) is 56.5 Å². The fourth-order valence-corrected chi connectivity index (χ4v) is 2.60. The zero-order chi connectivity index (χ0) is 14.4. The van der Waals surface area contributed by atoms with Gasteiger partial charge in [0.1, 0.15) is 5.75 Å². The maximum absolute atomic E-state index is 12.0. The smallest absolute Gasteiger partial charge is 0.220 e. The first-order chi connectivity index (χ1) is 9.69. The van der Waals surface area contributed by atoms with Crippen molar-refractivity contribution in [3.8, 4) is 5.75 Å². The molecule has 2 N–H and O–H groups in total. The van der Waals surface area contributed by atoms with Gasteiger partial charge in [-0.2, -0.15) is 0 Å². The highest BCUT2D eigenvalue weighted by atomic mass is 16.5. The lowest BCUT2D eigenvalue weighted by Gasteiger charge is -2.19. The first kappa shape index (κ1) is 14.9. The van der Waals surface area contributed by atoms with E-state index in [9.17, 15) is 4.79 Å². The van der Waals surface area contributed by atoms with Crippen LogP contribution in [0.3, 0.4) is 0 Å². The lowest BCUT2D eigenvalue weighted by atomic mass is 10.0. The van der Waals surface area contributed by atoms with E-state index in [-0.39, 0.29) is 11.9 Å². The van der Waals surface area contributed by atoms with Crippen molar-refractivity contribution in [2.24, 2.45) is 5.92 Å². The van der Waals surface area contributed by atoms with Gasteiger partial charge in [-0.25, -0.2) is 0 Å². The second kappa shape index (κ2) is 7.29. The third kappa shape index (κ3) is 4.23. The second-order valence-corrected chi connectivity index (χ2v) is 5.46. The zero-order valence-corrected chi connectivity index (χ0v) is 12.3. The highest BCUT2D eigenvalue weighted by Gasteiger charge is 2.22. The van der Waals surface area contributed by atoms with Crippen molar-refractivity contribution < 1.29 is 9.53 Å². The Bertz CT molecular complexity index is 425. The Morgan fingerprint density at radius 1 is 1.45 bits per heavy atom. The van der Waals surface area contributed by atoms with Gasteiger partial charge >= 0.3 is 0 Å². The van der Waals surface area contributed by atoms with Crippen LogP contribution in [0.5, 0.6) is 5.75 Å². The Morgan fingerprint density at radius 2 is 2.20 bits per heavy atom. The van der Waals surface area contributed by atoms with Gasteiger partial charge in [0.2, 0.25) is 5.91 Å². The molecule has 1 aliphatic heterocycles. The number of nitrogens with one attached hydrogen (secondary N) is 2. The van der Waals surface area contributed by atoms with Crippen LogP contribution in [0.15, 0.2) is 24.3 Å². The monoisotopic (exact) mass is 276 g/mol. The molecule has 0 aromatic heterocycles. The van der Waals surface area contributed by atoms with E-state index in [4.69, 9.17) is 4.74 Å². The van der Waals surface area contributed by atoms with Crippen molar-refractivity contribution >= 4 is 5.91 Å². The molecule has 0 aliphatic carbocycles. The van der Waals surface area contributed by atoms with E-state index in [1.54, 1.807) is 7.11 Å². The quantitative estimate of drug-likeness (QED) is 0.832. The summed E-state index contributed by atoms with van der Waals surface area (Å²) in [6, 6.07) is 8.14. The third-order valence-corrected chi connectivity index (χ3v) is 3.99. The molecule has 0 saturated carbocycles. The van der Waals surface area contributed by atoms with Crippen LogP contribution in [-0.2, 0) is 11.2 Å². The molecule has 0 spiro atoms. The molecule has 1 heterocycles. The van der Waals surface area contributed by atoms with E-state index in [2.05, 4.69) is 17.6 Å². The number of ether oxygens (including phenoxy) is 1. The molecule has 2 rings (SSSR count). The minimum atomic E-state index is 0.139. The number of amides is 1. The van der Waals surface area contributed by atoms with Crippen LogP contribution in [-0.4, -0.2) is 32.1 Å². The van der Waals surface area contributed by atoms with Crippen LogP contribution in [0.25, 0.3) is 0 Å². The van der Waals surface area contributed by atoms with E-state index in [0.717, 1.165) is 37.2 Å². The zero-order valence-electron chi connectivity index (χ0n) is 12.3. The topological polar surface area (TPSA) is 50.4 Å². The van der Waals surface area contributed by atoms with Gasteiger partial charge in [-0.1, -0.05) is 12.1 Å². The number of rotatable bonds is 6. The highest BCUT2D eigenvalue weighted by Crippen LogP contribution is 2.14. The van der Waals surface area contributed by atoms with Gasteiger partial charge < -0.3 is 15.4 Å². The summed E-state index contributed by atoms with van der Waals surface area (Å²) < 4.78 is 5.12. The van der Waals surface area contributed by atoms with Gasteiger partial charge in [-0.15, -0.1) is 0 Å². The lowest BCUT2D eigenvalue weighted by Crippen LogP contribution is -2.39. The maximum atomic E-state index is 12.0. The molecule has 4 heteroatoms. The number of benzene rings is 1. The van der Waals surface area contributed by atoms with Crippen LogP contribution in [0, 0.1) is 5.92 Å². The normalized spacial score (nSPS) is 19.6. The minimum Gasteiger partial charge on any atom is -0.497 e. The van der Waals surface area contributed by atoms with Crippen LogP contribution in [0.4, 0.5) is 0 Å². The number of carbonyl (C=O) groups excluding carboxylic acids is 1. The predicted octanol–water partition coefficient (Wildman–Crippen LogP) is 1.74. The summed E-state index contributed by atoms with van der Waals surface area (Å²) in [6.07, 6.45) is 2.46. The fraction of sp³-hybridized carbons (Fsp3) is 0.562. The number of hydrogen-bond donors (Lipinski definition) is 2. The molecule has 1 fully saturated rings. The molecular formula is C16H24N2O2. The number of aryl methyl sites for hydroxylation is 1. The molecular weight excluding hydrogens is 252 g/mol. The summed E-state index contributed by atoms with van der Waals surface area (Å²) in [6.45, 7) is 4.18. The maximum Gasteiger partial charge on any atom is 0.220 e. The third-order valence-electron chi connectivity index (χ3n) is 3.99. The molecule has 20 heavy (non-hydrogen) atoms. The first-order valence-corrected chi connectivity index (χ1v) is 7.32. The van der Waals surface area contributed by atoms with Crippen molar-refractivity contribution in [1.82, 2.24) is 10.6 Å². The van der Waals surface area contributed by atoms with Crippen molar-refractivity contribution in [3.63, 3.8) is 0 Å². The molecule has 1 aromatic carbocycles. The highest BCUT2D eigenvalue weighted by molar-refractivity contribution is 5.76. The molecule has 1 saturated heterocycles. The van der Waals surface area contributed by atoms with Crippen LogP contribution in [0.1, 0.15) is 25.3 Å². The predicted molar refractivity (Wildman–Crippen MR) is 79.9 cm³/mol. The van der Waals surface area contributed by atoms with Gasteiger partial charge in [0, 0.05) is 12.5 Å². The van der Waals surface area contributed by atoms with Crippen molar-refractivity contribution in [2.75, 3.05) is 20.2 Å². The molecule has 1 amide bonds. The Morgan fingerprint density at radius 3 is 2.80 bits per heavy atom. The van der Waals surface area contributed by atoms with E-state index in [1.165, 1.54) is 0 Å². The van der Waals surface area contributed by atoms with Gasteiger partial charge in [0.15, 0.2) is 0 Å². The largest absolute Gasteiger partial charge is 0.497 e.